The number of ether oxygens (including phenoxy) is 1. The van der Waals surface area contributed by atoms with Gasteiger partial charge in [0.05, 0.1) is 16.8 Å². The first-order valence-electron chi connectivity index (χ1n) is 11.4. The van der Waals surface area contributed by atoms with E-state index in [4.69, 9.17) is 16.3 Å². The Morgan fingerprint density at radius 2 is 1.79 bits per heavy atom. The number of benzene rings is 1. The van der Waals surface area contributed by atoms with E-state index in [1.165, 1.54) is 12.8 Å². The molecule has 0 bridgehead atoms. The van der Waals surface area contributed by atoms with Crippen LogP contribution >= 0.6 is 11.6 Å². The molecule has 6 nitrogen and oxygen atoms in total. The molecule has 1 saturated heterocycles. The van der Waals surface area contributed by atoms with E-state index in [2.05, 4.69) is 20.1 Å². The van der Waals surface area contributed by atoms with Gasteiger partial charge in [-0.1, -0.05) is 11.6 Å². The number of hydrogen-bond acceptors (Lipinski definition) is 5. The van der Waals surface area contributed by atoms with Crippen LogP contribution in [0.2, 0.25) is 5.02 Å². The molecule has 34 heavy (non-hydrogen) atoms. The van der Waals surface area contributed by atoms with E-state index in [1.807, 2.05) is 30.1 Å². The normalized spacial score (nSPS) is 16.4. The highest BCUT2D eigenvalue weighted by Crippen LogP contribution is 2.34. The first kappa shape index (κ1) is 22.8. The molecule has 9 heteroatoms. The highest BCUT2D eigenvalue weighted by molar-refractivity contribution is 6.30. The molecule has 0 N–H and O–H groups in total. The Balaban J connectivity index is 0.000000252. The van der Waals surface area contributed by atoms with Gasteiger partial charge in [-0.25, -0.2) is 23.7 Å². The van der Waals surface area contributed by atoms with Crippen molar-refractivity contribution in [3.8, 4) is 11.3 Å². The van der Waals surface area contributed by atoms with Crippen LogP contribution in [0.4, 0.5) is 8.78 Å². The monoisotopic (exact) mass is 483 g/mol. The van der Waals surface area contributed by atoms with E-state index in [0.717, 1.165) is 36.7 Å². The van der Waals surface area contributed by atoms with Gasteiger partial charge in [-0.15, -0.1) is 0 Å². The van der Waals surface area contributed by atoms with Crippen molar-refractivity contribution < 1.29 is 13.5 Å². The third-order valence-corrected chi connectivity index (χ3v) is 6.30. The molecule has 1 aliphatic heterocycles. The van der Waals surface area contributed by atoms with Crippen molar-refractivity contribution >= 4 is 22.6 Å². The standard InChI is InChI=1S/C19H16ClF2N3O.C6H8N2/c1-10-2-3-12-17(13-8-16(22)14(20)9-15(13)21)24-18(25-19(12)23-10)11-4-6-26-7-5-11;1-4-7-8(5-1)6-2-3-6/h2-3,8-9,11H,4-7H2,1H3;1,4-6H,2-3H2. The van der Waals surface area contributed by atoms with Crippen LogP contribution in [0.25, 0.3) is 22.3 Å². The molecule has 1 saturated carbocycles. The first-order valence-corrected chi connectivity index (χ1v) is 11.7. The predicted molar refractivity (Wildman–Crippen MR) is 126 cm³/mol. The second kappa shape index (κ2) is 9.72. The summed E-state index contributed by atoms with van der Waals surface area (Å²) in [6.45, 7) is 3.12. The Morgan fingerprint density at radius 3 is 2.50 bits per heavy atom. The average molecular weight is 484 g/mol. The number of rotatable bonds is 3. The van der Waals surface area contributed by atoms with Gasteiger partial charge in [0.2, 0.25) is 0 Å². The summed E-state index contributed by atoms with van der Waals surface area (Å²) >= 11 is 5.69. The smallest absolute Gasteiger partial charge is 0.163 e. The van der Waals surface area contributed by atoms with Crippen LogP contribution in [-0.4, -0.2) is 37.9 Å². The lowest BCUT2D eigenvalue weighted by Gasteiger charge is -2.21. The molecule has 0 atom stereocenters. The minimum absolute atomic E-state index is 0.0539. The van der Waals surface area contributed by atoms with Gasteiger partial charge >= 0.3 is 0 Å². The number of aromatic nitrogens is 5. The second-order valence-corrected chi connectivity index (χ2v) is 9.01. The fourth-order valence-electron chi connectivity index (χ4n) is 4.00. The van der Waals surface area contributed by atoms with Crippen LogP contribution in [0.3, 0.4) is 0 Å². The summed E-state index contributed by atoms with van der Waals surface area (Å²) in [5.74, 6) is -0.629. The molecule has 1 aromatic carbocycles. The summed E-state index contributed by atoms with van der Waals surface area (Å²) in [5, 5.41) is 4.41. The maximum Gasteiger partial charge on any atom is 0.163 e. The number of aryl methyl sites for hydroxylation is 1. The molecular formula is C25H24ClF2N5O. The minimum atomic E-state index is -0.692. The molecule has 2 fully saturated rings. The molecule has 4 heterocycles. The summed E-state index contributed by atoms with van der Waals surface area (Å²) in [4.78, 5) is 13.7. The van der Waals surface area contributed by atoms with E-state index in [9.17, 15) is 8.78 Å². The Kier molecular flexibility index (Phi) is 6.52. The van der Waals surface area contributed by atoms with E-state index in [0.29, 0.717) is 35.8 Å². The maximum absolute atomic E-state index is 14.5. The molecule has 4 aromatic rings. The molecule has 0 amide bonds. The quantitative estimate of drug-likeness (QED) is 0.332. The topological polar surface area (TPSA) is 65.7 Å². The Bertz CT molecular complexity index is 1300. The highest BCUT2D eigenvalue weighted by atomic mass is 35.5. The van der Waals surface area contributed by atoms with E-state index in [-0.39, 0.29) is 16.5 Å². The van der Waals surface area contributed by atoms with E-state index in [1.54, 1.807) is 12.1 Å². The summed E-state index contributed by atoms with van der Waals surface area (Å²) < 4.78 is 36.0. The molecule has 0 unspecified atom stereocenters. The number of nitrogens with zero attached hydrogens (tertiary/aromatic N) is 5. The van der Waals surface area contributed by atoms with Gasteiger partial charge < -0.3 is 4.74 Å². The zero-order valence-electron chi connectivity index (χ0n) is 18.7. The second-order valence-electron chi connectivity index (χ2n) is 8.60. The van der Waals surface area contributed by atoms with Crippen molar-refractivity contribution in [1.29, 1.82) is 0 Å². The Hall–Kier alpha value is -2.97. The lowest BCUT2D eigenvalue weighted by Crippen LogP contribution is -2.17. The summed E-state index contributed by atoms with van der Waals surface area (Å²) in [5.41, 5.74) is 1.66. The summed E-state index contributed by atoms with van der Waals surface area (Å²) in [6.07, 6.45) is 8.07. The average Bonchev–Trinajstić information content (AvgIpc) is 3.55. The van der Waals surface area contributed by atoms with Gasteiger partial charge in [0.15, 0.2) is 5.65 Å². The van der Waals surface area contributed by atoms with Crippen molar-refractivity contribution in [3.63, 3.8) is 0 Å². The SMILES string of the molecule is Cc1ccc2c(-c3cc(F)c(Cl)cc3F)nc(C3CCOCC3)nc2n1.c1cnn(C2CC2)c1. The Labute approximate surface area is 201 Å². The Morgan fingerprint density at radius 1 is 1.00 bits per heavy atom. The van der Waals surface area contributed by atoms with Gasteiger partial charge in [0, 0.05) is 48.2 Å². The first-order chi connectivity index (χ1) is 16.5. The van der Waals surface area contributed by atoms with Gasteiger partial charge in [0.25, 0.3) is 0 Å². The van der Waals surface area contributed by atoms with Gasteiger partial charge in [-0.05, 0) is 62.9 Å². The largest absolute Gasteiger partial charge is 0.381 e. The maximum atomic E-state index is 14.5. The fourth-order valence-corrected chi connectivity index (χ4v) is 4.16. The number of pyridine rings is 1. The van der Waals surface area contributed by atoms with Gasteiger partial charge in [0.1, 0.15) is 17.5 Å². The third kappa shape index (κ3) is 4.93. The van der Waals surface area contributed by atoms with Crippen molar-refractivity contribution in [1.82, 2.24) is 24.7 Å². The third-order valence-electron chi connectivity index (χ3n) is 6.01. The number of halogens is 3. The van der Waals surface area contributed by atoms with Crippen LogP contribution in [0, 0.1) is 18.6 Å². The number of fused-ring (bicyclic) bond motifs is 1. The van der Waals surface area contributed by atoms with Crippen LogP contribution < -0.4 is 0 Å². The van der Waals surface area contributed by atoms with Crippen molar-refractivity contribution in [3.05, 3.63) is 70.9 Å². The molecule has 2 aliphatic rings. The molecule has 0 spiro atoms. The molecule has 3 aromatic heterocycles. The van der Waals surface area contributed by atoms with Crippen LogP contribution in [0.5, 0.6) is 0 Å². The number of hydrogen-bond donors (Lipinski definition) is 0. The molecule has 6 rings (SSSR count). The van der Waals surface area contributed by atoms with Crippen molar-refractivity contribution in [2.24, 2.45) is 0 Å². The summed E-state index contributed by atoms with van der Waals surface area (Å²) in [6, 6.07) is 8.34. The highest BCUT2D eigenvalue weighted by Gasteiger charge is 2.24. The van der Waals surface area contributed by atoms with Crippen LogP contribution in [-0.2, 0) is 4.74 Å². The zero-order chi connectivity index (χ0) is 23.7. The summed E-state index contributed by atoms with van der Waals surface area (Å²) in [7, 11) is 0. The lowest BCUT2D eigenvalue weighted by atomic mass is 9.98. The van der Waals surface area contributed by atoms with Gasteiger partial charge in [-0.2, -0.15) is 5.10 Å². The fraction of sp³-hybridized carbons (Fsp3) is 0.360. The molecule has 1 aliphatic carbocycles. The minimum Gasteiger partial charge on any atom is -0.381 e. The molecular weight excluding hydrogens is 460 g/mol. The molecule has 176 valence electrons. The van der Waals surface area contributed by atoms with Crippen LogP contribution in [0.1, 0.15) is 49.2 Å². The van der Waals surface area contributed by atoms with Crippen molar-refractivity contribution in [2.45, 2.75) is 44.6 Å². The lowest BCUT2D eigenvalue weighted by molar-refractivity contribution is 0.0836. The predicted octanol–water partition coefficient (Wildman–Crippen LogP) is 6.04. The zero-order valence-corrected chi connectivity index (χ0v) is 19.5. The molecule has 0 radical (unpaired) electrons. The van der Waals surface area contributed by atoms with E-state index < -0.39 is 11.6 Å². The van der Waals surface area contributed by atoms with Crippen LogP contribution in [0.15, 0.2) is 42.7 Å². The van der Waals surface area contributed by atoms with E-state index >= 15 is 0 Å². The van der Waals surface area contributed by atoms with Gasteiger partial charge in [-0.3, -0.25) is 4.68 Å². The van der Waals surface area contributed by atoms with Crippen molar-refractivity contribution in [2.75, 3.05) is 13.2 Å².